The predicted molar refractivity (Wildman–Crippen MR) is 102 cm³/mol. The van der Waals surface area contributed by atoms with Crippen LogP contribution in [0.25, 0.3) is 0 Å². The van der Waals surface area contributed by atoms with Gasteiger partial charge in [0.05, 0.1) is 12.0 Å². The van der Waals surface area contributed by atoms with E-state index in [0.717, 1.165) is 11.1 Å². The molecule has 1 aliphatic rings. The van der Waals surface area contributed by atoms with E-state index < -0.39 is 23.9 Å². The van der Waals surface area contributed by atoms with Crippen LogP contribution in [0, 0.1) is 19.8 Å². The number of hydrogen-bond acceptors (Lipinski definition) is 4. The molecule has 0 aliphatic carbocycles. The molecule has 3 N–H and O–H groups in total. The first-order valence-corrected chi connectivity index (χ1v) is 8.44. The Morgan fingerprint density at radius 1 is 1.19 bits per heavy atom. The number of rotatable bonds is 4. The number of carboxylic acids is 1. The zero-order chi connectivity index (χ0) is 18.6. The predicted octanol–water partition coefficient (Wildman–Crippen LogP) is 2.56. The summed E-state index contributed by atoms with van der Waals surface area (Å²) in [4.78, 5) is 37.2. The van der Waals surface area contributed by atoms with E-state index in [1.165, 1.54) is 0 Å². The number of amides is 3. The van der Waals surface area contributed by atoms with Crippen molar-refractivity contribution in [1.29, 1.82) is 0 Å². The third-order valence-corrected chi connectivity index (χ3v) is 4.67. The van der Waals surface area contributed by atoms with Crippen LogP contribution in [0.15, 0.2) is 18.2 Å². The third-order valence-electron chi connectivity index (χ3n) is 4.67. The molecule has 1 atom stereocenters. The maximum Gasteiger partial charge on any atom is 0.325 e. The van der Waals surface area contributed by atoms with Crippen molar-refractivity contribution in [1.82, 2.24) is 10.2 Å². The van der Waals surface area contributed by atoms with Crippen molar-refractivity contribution >= 4 is 36.0 Å². The molecule has 0 radical (unpaired) electrons. The number of aliphatic carboxylic acids is 1. The van der Waals surface area contributed by atoms with Crippen molar-refractivity contribution in [2.45, 2.75) is 39.7 Å². The number of piperidine rings is 1. The fourth-order valence-electron chi connectivity index (χ4n) is 3.02. The minimum Gasteiger partial charge on any atom is -0.481 e. The summed E-state index contributed by atoms with van der Waals surface area (Å²) in [6.45, 7) is 6.64. The normalized spacial score (nSPS) is 16.3. The highest BCUT2D eigenvalue weighted by Crippen LogP contribution is 2.19. The van der Waals surface area contributed by atoms with Crippen LogP contribution < -0.4 is 10.6 Å². The summed E-state index contributed by atoms with van der Waals surface area (Å²) in [5.41, 5.74) is 2.68. The van der Waals surface area contributed by atoms with Crippen LogP contribution >= 0.6 is 12.4 Å². The van der Waals surface area contributed by atoms with Crippen LogP contribution in [0.2, 0.25) is 0 Å². The lowest BCUT2D eigenvalue weighted by Crippen LogP contribution is -2.50. The number of urea groups is 1. The molecular weight excluding hydrogens is 358 g/mol. The van der Waals surface area contributed by atoms with Crippen molar-refractivity contribution < 1.29 is 19.5 Å². The van der Waals surface area contributed by atoms with Gasteiger partial charge in [0.1, 0.15) is 0 Å². The minimum atomic E-state index is -0.787. The molecule has 1 aliphatic heterocycles. The van der Waals surface area contributed by atoms with Crippen molar-refractivity contribution in [3.05, 3.63) is 29.3 Å². The van der Waals surface area contributed by atoms with Gasteiger partial charge in [-0.25, -0.2) is 4.79 Å². The van der Waals surface area contributed by atoms with E-state index in [9.17, 15) is 14.4 Å². The average Bonchev–Trinajstić information content (AvgIpc) is 2.56. The topological polar surface area (TPSA) is 98.7 Å². The number of carbonyl (C=O) groups excluding carboxylic acids is 2. The molecule has 3 amide bonds. The summed E-state index contributed by atoms with van der Waals surface area (Å²) in [6.07, 6.45) is 1.03. The van der Waals surface area contributed by atoms with E-state index >= 15 is 0 Å². The Balaban J connectivity index is 0.00000338. The van der Waals surface area contributed by atoms with Crippen LogP contribution in [-0.4, -0.2) is 47.0 Å². The van der Waals surface area contributed by atoms with Crippen molar-refractivity contribution in [2.75, 3.05) is 18.4 Å². The van der Waals surface area contributed by atoms with Gasteiger partial charge in [0.15, 0.2) is 0 Å². The maximum absolute atomic E-state index is 12.3. The number of anilines is 1. The zero-order valence-electron chi connectivity index (χ0n) is 15.2. The van der Waals surface area contributed by atoms with Gasteiger partial charge in [-0.05, 0) is 58.3 Å². The molecular formula is C18H26ClN3O4. The number of carboxylic acid groups (broad SMARTS) is 1. The Morgan fingerprint density at radius 3 is 2.35 bits per heavy atom. The summed E-state index contributed by atoms with van der Waals surface area (Å²) >= 11 is 0. The smallest absolute Gasteiger partial charge is 0.325 e. The zero-order valence-corrected chi connectivity index (χ0v) is 16.1. The van der Waals surface area contributed by atoms with Gasteiger partial charge in [0.2, 0.25) is 5.91 Å². The van der Waals surface area contributed by atoms with Crippen LogP contribution in [-0.2, 0) is 9.59 Å². The Morgan fingerprint density at radius 2 is 1.81 bits per heavy atom. The second-order valence-corrected chi connectivity index (χ2v) is 6.59. The van der Waals surface area contributed by atoms with Crippen molar-refractivity contribution in [2.24, 2.45) is 5.92 Å². The molecule has 7 nitrogen and oxygen atoms in total. The number of aryl methyl sites for hydroxylation is 2. The molecule has 0 bridgehead atoms. The molecule has 1 unspecified atom stereocenters. The van der Waals surface area contributed by atoms with Gasteiger partial charge in [0, 0.05) is 5.69 Å². The van der Waals surface area contributed by atoms with Gasteiger partial charge in [-0.1, -0.05) is 17.7 Å². The molecule has 1 saturated heterocycles. The molecule has 2 rings (SSSR count). The SMILES string of the molecule is Cc1ccc(NC(=O)NC(=O)C(C)N2CCC(C(=O)O)CC2)c(C)c1.Cl. The van der Waals surface area contributed by atoms with Crippen LogP contribution in [0.3, 0.4) is 0 Å². The summed E-state index contributed by atoms with van der Waals surface area (Å²) in [7, 11) is 0. The van der Waals surface area contributed by atoms with Gasteiger partial charge < -0.3 is 10.4 Å². The van der Waals surface area contributed by atoms with E-state index in [0.29, 0.717) is 31.6 Å². The molecule has 0 spiro atoms. The Labute approximate surface area is 159 Å². The van der Waals surface area contributed by atoms with E-state index in [4.69, 9.17) is 5.11 Å². The van der Waals surface area contributed by atoms with Crippen molar-refractivity contribution in [3.63, 3.8) is 0 Å². The number of carbonyl (C=O) groups is 3. The van der Waals surface area contributed by atoms with Gasteiger partial charge in [-0.15, -0.1) is 12.4 Å². The lowest BCUT2D eigenvalue weighted by molar-refractivity contribution is -0.143. The highest BCUT2D eigenvalue weighted by Gasteiger charge is 2.30. The number of benzene rings is 1. The number of hydrogen-bond donors (Lipinski definition) is 3. The van der Waals surface area contributed by atoms with Crippen LogP contribution in [0.1, 0.15) is 30.9 Å². The molecule has 0 aromatic heterocycles. The number of nitrogens with one attached hydrogen (secondary N) is 2. The number of imide groups is 1. The molecule has 144 valence electrons. The molecule has 1 heterocycles. The average molecular weight is 384 g/mol. The van der Waals surface area contributed by atoms with Crippen molar-refractivity contribution in [3.8, 4) is 0 Å². The largest absolute Gasteiger partial charge is 0.481 e. The molecule has 26 heavy (non-hydrogen) atoms. The van der Waals surface area contributed by atoms with Crippen LogP contribution in [0.4, 0.5) is 10.5 Å². The fraction of sp³-hybridized carbons (Fsp3) is 0.500. The van der Waals surface area contributed by atoms with Gasteiger partial charge in [-0.2, -0.15) is 0 Å². The molecule has 8 heteroatoms. The quantitative estimate of drug-likeness (QED) is 0.742. The van der Waals surface area contributed by atoms with E-state index in [-0.39, 0.29) is 18.3 Å². The fourth-order valence-corrected chi connectivity index (χ4v) is 3.02. The summed E-state index contributed by atoms with van der Waals surface area (Å²) in [6, 6.07) is 4.59. The Hall–Kier alpha value is -2.12. The van der Waals surface area contributed by atoms with E-state index in [2.05, 4.69) is 10.6 Å². The van der Waals surface area contributed by atoms with E-state index in [1.807, 2.05) is 30.9 Å². The minimum absolute atomic E-state index is 0. The van der Waals surface area contributed by atoms with Crippen LogP contribution in [0.5, 0.6) is 0 Å². The highest BCUT2D eigenvalue weighted by molar-refractivity contribution is 6.03. The Kier molecular flexibility index (Phi) is 8.05. The number of halogens is 1. The Bertz CT molecular complexity index is 672. The summed E-state index contributed by atoms with van der Waals surface area (Å²) in [5.74, 6) is -1.53. The highest BCUT2D eigenvalue weighted by atomic mass is 35.5. The summed E-state index contributed by atoms with van der Waals surface area (Å²) < 4.78 is 0. The first-order valence-electron chi connectivity index (χ1n) is 8.44. The molecule has 0 saturated carbocycles. The monoisotopic (exact) mass is 383 g/mol. The second kappa shape index (κ2) is 9.54. The third kappa shape index (κ3) is 5.71. The molecule has 1 aromatic rings. The van der Waals surface area contributed by atoms with Gasteiger partial charge in [0.25, 0.3) is 0 Å². The number of nitrogens with zero attached hydrogens (tertiary/aromatic N) is 1. The number of likely N-dealkylation sites (tertiary alicyclic amines) is 1. The van der Waals surface area contributed by atoms with E-state index in [1.54, 1.807) is 13.0 Å². The summed E-state index contributed by atoms with van der Waals surface area (Å²) in [5, 5.41) is 14.1. The second-order valence-electron chi connectivity index (χ2n) is 6.59. The molecule has 1 fully saturated rings. The molecule has 1 aromatic carbocycles. The van der Waals surface area contributed by atoms with Gasteiger partial charge in [-0.3, -0.25) is 19.8 Å². The standard InChI is InChI=1S/C18H25N3O4.ClH/c1-11-4-5-15(12(2)10-11)19-18(25)20-16(22)13(3)21-8-6-14(7-9-21)17(23)24;/h4-5,10,13-14H,6-9H2,1-3H3,(H,23,24)(H2,19,20,22,25);1H. The first-order chi connectivity index (χ1) is 11.8. The lowest BCUT2D eigenvalue weighted by Gasteiger charge is -2.33. The first kappa shape index (κ1) is 21.9. The maximum atomic E-state index is 12.3. The van der Waals surface area contributed by atoms with Gasteiger partial charge >= 0.3 is 12.0 Å². The lowest BCUT2D eigenvalue weighted by atomic mass is 9.96.